The van der Waals surface area contributed by atoms with Crippen molar-refractivity contribution in [3.63, 3.8) is 0 Å². The summed E-state index contributed by atoms with van der Waals surface area (Å²) >= 11 is 0. The Bertz CT molecular complexity index is 187. The molecule has 0 aliphatic heterocycles. The Morgan fingerprint density at radius 3 is 2.14 bits per heavy atom. The number of hydrogen-bond acceptors (Lipinski definition) is 1. The van der Waals surface area contributed by atoms with Crippen LogP contribution in [0.5, 0.6) is 0 Å². The molecule has 1 rings (SSSR count). The van der Waals surface area contributed by atoms with Gasteiger partial charge in [-0.2, -0.15) is 17.7 Å². The molecule has 3 heteroatoms. The zero-order chi connectivity index (χ0) is 9.94. The summed E-state index contributed by atoms with van der Waals surface area (Å²) in [6, 6.07) is 8.67. The van der Waals surface area contributed by atoms with Crippen LogP contribution in [0, 0.1) is 4.91 Å². The van der Waals surface area contributed by atoms with Gasteiger partial charge in [0.2, 0.25) is 0 Å². The van der Waals surface area contributed by atoms with Crippen LogP contribution in [0.1, 0.15) is 38.2 Å². The van der Waals surface area contributed by atoms with Crippen LogP contribution >= 0.6 is 0 Å². The first-order chi connectivity index (χ1) is 6.43. The summed E-state index contributed by atoms with van der Waals surface area (Å²) in [5.41, 5.74) is 7.25. The second-order valence-corrected chi connectivity index (χ2v) is 3.10. The van der Waals surface area contributed by atoms with Crippen LogP contribution in [0.3, 0.4) is 0 Å². The van der Waals surface area contributed by atoms with Gasteiger partial charge >= 0.3 is 16.5 Å². The van der Waals surface area contributed by atoms with Crippen molar-refractivity contribution < 1.29 is 16.5 Å². The molecule has 0 unspecified atom stereocenters. The zero-order valence-electron chi connectivity index (χ0n) is 8.52. The minimum atomic E-state index is 0. The van der Waals surface area contributed by atoms with Gasteiger partial charge in [-0.15, -0.1) is 0 Å². The Labute approximate surface area is 96.1 Å². The minimum absolute atomic E-state index is 0. The van der Waals surface area contributed by atoms with Gasteiger partial charge in [0.1, 0.15) is 0 Å². The van der Waals surface area contributed by atoms with E-state index in [0.717, 1.165) is 0 Å². The van der Waals surface area contributed by atoms with E-state index >= 15 is 0 Å². The smallest absolute Gasteiger partial charge is 0.577 e. The molecule has 1 aromatic rings. The van der Waals surface area contributed by atoms with Crippen molar-refractivity contribution in [3.8, 4) is 0 Å². The van der Waals surface area contributed by atoms with E-state index in [1.54, 1.807) is 0 Å². The van der Waals surface area contributed by atoms with Gasteiger partial charge in [-0.05, 0) is 0 Å². The van der Waals surface area contributed by atoms with Crippen LogP contribution in [0.2, 0.25) is 0 Å². The maximum absolute atomic E-state index is 7.25. The molecule has 0 aliphatic carbocycles. The van der Waals surface area contributed by atoms with Crippen molar-refractivity contribution >= 4 is 0 Å². The molecular formula is C11H17NNiO. The molecule has 0 saturated carbocycles. The van der Waals surface area contributed by atoms with E-state index < -0.39 is 0 Å². The van der Waals surface area contributed by atoms with E-state index in [1.165, 1.54) is 37.7 Å². The molecule has 0 spiro atoms. The molecule has 2 nitrogen and oxygen atoms in total. The van der Waals surface area contributed by atoms with E-state index in [4.69, 9.17) is 10.5 Å². The van der Waals surface area contributed by atoms with E-state index in [1.807, 2.05) is 0 Å². The number of rotatable bonds is 5. The number of hydrogen-bond donors (Lipinski definition) is 0. The third-order valence-corrected chi connectivity index (χ3v) is 2.05. The SMILES string of the molecule is CCCCCC[c-]1cccc1.[N-]=O.[Ni+2]. The van der Waals surface area contributed by atoms with Gasteiger partial charge < -0.3 is 10.5 Å². The van der Waals surface area contributed by atoms with E-state index in [-0.39, 0.29) is 16.5 Å². The first-order valence-electron chi connectivity index (χ1n) is 4.82. The number of nitrogens with zero attached hydrogens (tertiary/aromatic N) is 1. The molecule has 0 aromatic heterocycles. The molecule has 1 aromatic carbocycles. The van der Waals surface area contributed by atoms with Crippen molar-refractivity contribution in [2.24, 2.45) is 0 Å². The second-order valence-electron chi connectivity index (χ2n) is 3.10. The Hall–Kier alpha value is -0.556. The molecular weight excluding hydrogens is 221 g/mol. The summed E-state index contributed by atoms with van der Waals surface area (Å²) in [5, 5.41) is 0. The zero-order valence-corrected chi connectivity index (χ0v) is 9.50. The van der Waals surface area contributed by atoms with E-state index in [2.05, 4.69) is 31.2 Å². The van der Waals surface area contributed by atoms with Crippen LogP contribution in [0.25, 0.3) is 5.59 Å². The van der Waals surface area contributed by atoms with Gasteiger partial charge in [0.05, 0.1) is 0 Å². The number of aryl methyl sites for hydroxylation is 1. The molecule has 0 bridgehead atoms. The Kier molecular flexibility index (Phi) is 14.1. The van der Waals surface area contributed by atoms with Crippen molar-refractivity contribution in [1.29, 1.82) is 0 Å². The van der Waals surface area contributed by atoms with Crippen LogP contribution in [0.4, 0.5) is 0 Å². The van der Waals surface area contributed by atoms with Gasteiger partial charge in [-0.3, -0.25) is 0 Å². The van der Waals surface area contributed by atoms with E-state index in [0.29, 0.717) is 0 Å². The van der Waals surface area contributed by atoms with Crippen molar-refractivity contribution in [1.82, 2.24) is 0 Å². The van der Waals surface area contributed by atoms with Gasteiger partial charge in [0, 0.05) is 0 Å². The fourth-order valence-electron chi connectivity index (χ4n) is 1.34. The fourth-order valence-corrected chi connectivity index (χ4v) is 1.34. The second kappa shape index (κ2) is 12.4. The van der Waals surface area contributed by atoms with Gasteiger partial charge in [0.25, 0.3) is 0 Å². The van der Waals surface area contributed by atoms with E-state index in [9.17, 15) is 0 Å². The third kappa shape index (κ3) is 8.06. The predicted octanol–water partition coefficient (Wildman–Crippen LogP) is 3.85. The number of unbranched alkanes of at least 4 members (excludes halogenated alkanes) is 3. The van der Waals surface area contributed by atoms with Crippen LogP contribution < -0.4 is 0 Å². The summed E-state index contributed by atoms with van der Waals surface area (Å²) in [4.78, 5) is 7.25. The van der Waals surface area contributed by atoms with Crippen LogP contribution in [0.15, 0.2) is 24.3 Å². The molecule has 0 saturated heterocycles. The normalized spacial score (nSPS) is 8.36. The first-order valence-corrected chi connectivity index (χ1v) is 4.82. The molecule has 0 aliphatic rings. The fraction of sp³-hybridized carbons (Fsp3) is 0.545. The molecule has 0 amide bonds. The van der Waals surface area contributed by atoms with Crippen molar-refractivity contribution in [3.05, 3.63) is 40.3 Å². The predicted molar refractivity (Wildman–Crippen MR) is 56.6 cm³/mol. The maximum Gasteiger partial charge on any atom is 2.00 e. The summed E-state index contributed by atoms with van der Waals surface area (Å²) in [5.74, 6) is 0. The average Bonchev–Trinajstić information content (AvgIpc) is 2.68. The average molecular weight is 238 g/mol. The Morgan fingerprint density at radius 1 is 1.07 bits per heavy atom. The minimum Gasteiger partial charge on any atom is -0.577 e. The molecule has 82 valence electrons. The molecule has 0 fully saturated rings. The van der Waals surface area contributed by atoms with Gasteiger partial charge in [-0.25, -0.2) is 12.1 Å². The summed E-state index contributed by atoms with van der Waals surface area (Å²) in [7, 11) is 0. The number of nitroso groups, excluding NO2 is 1. The molecule has 0 atom stereocenters. The molecule has 0 heterocycles. The summed E-state index contributed by atoms with van der Waals surface area (Å²) < 4.78 is 0. The first kappa shape index (κ1) is 15.9. The van der Waals surface area contributed by atoms with Crippen LogP contribution in [-0.2, 0) is 22.9 Å². The summed E-state index contributed by atoms with van der Waals surface area (Å²) in [6.45, 7) is 2.25. The Balaban J connectivity index is 0. The van der Waals surface area contributed by atoms with Gasteiger partial charge in [-0.1, -0.05) is 39.0 Å². The third-order valence-electron chi connectivity index (χ3n) is 2.05. The molecule has 0 N–H and O–H groups in total. The molecule has 0 radical (unpaired) electrons. The van der Waals surface area contributed by atoms with Gasteiger partial charge in [0.15, 0.2) is 0 Å². The Morgan fingerprint density at radius 2 is 1.64 bits per heavy atom. The summed E-state index contributed by atoms with van der Waals surface area (Å²) in [6.07, 6.45) is 6.74. The van der Waals surface area contributed by atoms with Crippen LogP contribution in [-0.4, -0.2) is 0 Å². The topological polar surface area (TPSA) is 39.4 Å². The quantitative estimate of drug-likeness (QED) is 0.436. The standard InChI is InChI=1S/C11H17.NO.Ni/c1-2-3-4-5-8-11-9-6-7-10-11;1-2;/h6-7,9-10H,2-5,8H2,1H3;;/q2*-1;+2. The molecule has 14 heavy (non-hydrogen) atoms. The largest absolute Gasteiger partial charge is 2.00 e. The van der Waals surface area contributed by atoms with Crippen molar-refractivity contribution in [2.45, 2.75) is 39.0 Å². The monoisotopic (exact) mass is 237 g/mol. The maximum atomic E-state index is 7.25. The van der Waals surface area contributed by atoms with Crippen molar-refractivity contribution in [2.75, 3.05) is 0 Å².